The van der Waals surface area contributed by atoms with Crippen molar-refractivity contribution in [3.05, 3.63) is 65.7 Å². The molecule has 28 heavy (non-hydrogen) atoms. The smallest absolute Gasteiger partial charge is 0.232 e. The van der Waals surface area contributed by atoms with Gasteiger partial charge in [-0.3, -0.25) is 9.10 Å². The highest BCUT2D eigenvalue weighted by Gasteiger charge is 2.21. The third-order valence-electron chi connectivity index (χ3n) is 4.32. The summed E-state index contributed by atoms with van der Waals surface area (Å²) in [5, 5.41) is 2.82. The van der Waals surface area contributed by atoms with Crippen LogP contribution >= 0.6 is 0 Å². The quantitative estimate of drug-likeness (QED) is 0.689. The van der Waals surface area contributed by atoms with E-state index >= 15 is 0 Å². The summed E-state index contributed by atoms with van der Waals surface area (Å²) in [6.45, 7) is 2.38. The standard InChI is InChI=1S/C20H24F2N2O3S/c1-15(16-7-4-3-5-8-16)14-23-20(25)9-6-12-24(28(2,26)27)19-11-10-17(21)13-18(19)22/h3-5,7-8,10-11,13,15H,6,9,12,14H2,1-2H3,(H,23,25)/t15-/m1/s1. The van der Waals surface area contributed by atoms with E-state index in [0.29, 0.717) is 12.6 Å². The van der Waals surface area contributed by atoms with Crippen LogP contribution in [0, 0.1) is 11.6 Å². The molecule has 0 aromatic heterocycles. The maximum atomic E-state index is 14.0. The molecular formula is C20H24F2N2O3S. The second-order valence-corrected chi connectivity index (χ2v) is 8.56. The number of halogens is 2. The summed E-state index contributed by atoms with van der Waals surface area (Å²) >= 11 is 0. The minimum atomic E-state index is -3.77. The van der Waals surface area contributed by atoms with Crippen LogP contribution in [0.15, 0.2) is 48.5 Å². The van der Waals surface area contributed by atoms with Crippen LogP contribution in [-0.2, 0) is 14.8 Å². The number of hydrogen-bond donors (Lipinski definition) is 1. The van der Waals surface area contributed by atoms with Gasteiger partial charge in [0.15, 0.2) is 0 Å². The van der Waals surface area contributed by atoms with Gasteiger partial charge in [0.25, 0.3) is 0 Å². The van der Waals surface area contributed by atoms with Gasteiger partial charge < -0.3 is 5.32 Å². The van der Waals surface area contributed by atoms with Crippen molar-refractivity contribution in [1.29, 1.82) is 0 Å². The van der Waals surface area contributed by atoms with Crippen LogP contribution in [-0.4, -0.2) is 33.7 Å². The first-order valence-corrected chi connectivity index (χ1v) is 10.8. The number of amides is 1. The van der Waals surface area contributed by atoms with Gasteiger partial charge in [0.2, 0.25) is 15.9 Å². The van der Waals surface area contributed by atoms with Gasteiger partial charge in [-0.25, -0.2) is 17.2 Å². The molecule has 0 heterocycles. The zero-order chi connectivity index (χ0) is 20.7. The second-order valence-electron chi connectivity index (χ2n) is 6.65. The molecule has 152 valence electrons. The van der Waals surface area contributed by atoms with E-state index in [4.69, 9.17) is 0 Å². The number of sulfonamides is 1. The summed E-state index contributed by atoms with van der Waals surface area (Å²) in [7, 11) is -3.77. The van der Waals surface area contributed by atoms with E-state index in [0.717, 1.165) is 28.3 Å². The number of anilines is 1. The van der Waals surface area contributed by atoms with E-state index < -0.39 is 21.7 Å². The van der Waals surface area contributed by atoms with E-state index in [9.17, 15) is 22.0 Å². The molecule has 0 aliphatic rings. The summed E-state index contributed by atoms with van der Waals surface area (Å²) in [5.41, 5.74) is 0.875. The van der Waals surface area contributed by atoms with E-state index in [1.54, 1.807) is 0 Å². The fourth-order valence-electron chi connectivity index (χ4n) is 2.79. The summed E-state index contributed by atoms with van der Waals surface area (Å²) in [4.78, 5) is 12.1. The molecule has 0 unspecified atom stereocenters. The van der Waals surface area contributed by atoms with E-state index in [-0.39, 0.29) is 36.9 Å². The minimum Gasteiger partial charge on any atom is -0.356 e. The SMILES string of the molecule is C[C@H](CNC(=O)CCCN(c1ccc(F)cc1F)S(C)(=O)=O)c1ccccc1. The Kier molecular flexibility index (Phi) is 7.51. The van der Waals surface area contributed by atoms with Crippen molar-refractivity contribution < 1.29 is 22.0 Å². The molecule has 0 aliphatic carbocycles. The Labute approximate surface area is 164 Å². The van der Waals surface area contributed by atoms with Crippen LogP contribution in [0.3, 0.4) is 0 Å². The number of nitrogens with one attached hydrogen (secondary N) is 1. The van der Waals surface area contributed by atoms with Crippen molar-refractivity contribution in [2.75, 3.05) is 23.7 Å². The maximum absolute atomic E-state index is 14.0. The zero-order valence-corrected chi connectivity index (χ0v) is 16.7. The first-order valence-electron chi connectivity index (χ1n) is 8.93. The van der Waals surface area contributed by atoms with Crippen molar-refractivity contribution in [2.24, 2.45) is 0 Å². The molecule has 2 aromatic rings. The lowest BCUT2D eigenvalue weighted by atomic mass is 10.0. The molecule has 0 radical (unpaired) electrons. The summed E-state index contributed by atoms with van der Waals surface area (Å²) in [5.74, 6) is -1.82. The Morgan fingerprint density at radius 3 is 2.43 bits per heavy atom. The van der Waals surface area contributed by atoms with Crippen LogP contribution in [0.2, 0.25) is 0 Å². The van der Waals surface area contributed by atoms with Gasteiger partial charge in [-0.2, -0.15) is 0 Å². The topological polar surface area (TPSA) is 66.5 Å². The average Bonchev–Trinajstić information content (AvgIpc) is 2.64. The Morgan fingerprint density at radius 1 is 1.14 bits per heavy atom. The normalized spacial score (nSPS) is 12.4. The molecule has 8 heteroatoms. The molecule has 0 fully saturated rings. The maximum Gasteiger partial charge on any atom is 0.232 e. The highest BCUT2D eigenvalue weighted by Crippen LogP contribution is 2.23. The van der Waals surface area contributed by atoms with Crippen LogP contribution in [0.4, 0.5) is 14.5 Å². The molecule has 1 atom stereocenters. The third-order valence-corrected chi connectivity index (χ3v) is 5.50. The van der Waals surface area contributed by atoms with Gasteiger partial charge in [-0.1, -0.05) is 37.3 Å². The molecular weight excluding hydrogens is 386 g/mol. The number of carbonyl (C=O) groups is 1. The molecule has 0 aliphatic heterocycles. The first-order chi connectivity index (χ1) is 13.2. The predicted octanol–water partition coefficient (Wildman–Crippen LogP) is 3.43. The first kappa shape index (κ1) is 21.8. The van der Waals surface area contributed by atoms with Gasteiger partial charge in [-0.05, 0) is 30.0 Å². The number of carbonyl (C=O) groups excluding carboxylic acids is 1. The molecule has 1 amide bonds. The zero-order valence-electron chi connectivity index (χ0n) is 15.9. The predicted molar refractivity (Wildman–Crippen MR) is 106 cm³/mol. The molecule has 0 spiro atoms. The fourth-order valence-corrected chi connectivity index (χ4v) is 3.75. The lowest BCUT2D eigenvalue weighted by Crippen LogP contribution is -2.33. The number of benzene rings is 2. The molecule has 5 nitrogen and oxygen atoms in total. The van der Waals surface area contributed by atoms with E-state index in [1.807, 2.05) is 37.3 Å². The van der Waals surface area contributed by atoms with Crippen LogP contribution in [0.25, 0.3) is 0 Å². The van der Waals surface area contributed by atoms with E-state index in [2.05, 4.69) is 5.32 Å². The molecule has 0 saturated carbocycles. The summed E-state index contributed by atoms with van der Waals surface area (Å²) < 4.78 is 51.9. The fraction of sp³-hybridized carbons (Fsp3) is 0.350. The van der Waals surface area contributed by atoms with Crippen LogP contribution < -0.4 is 9.62 Å². The molecule has 0 bridgehead atoms. The Balaban J connectivity index is 1.89. The van der Waals surface area contributed by atoms with Crippen molar-refractivity contribution in [2.45, 2.75) is 25.7 Å². The van der Waals surface area contributed by atoms with Crippen LogP contribution in [0.5, 0.6) is 0 Å². The van der Waals surface area contributed by atoms with Crippen LogP contribution in [0.1, 0.15) is 31.2 Å². The van der Waals surface area contributed by atoms with E-state index in [1.165, 1.54) is 0 Å². The highest BCUT2D eigenvalue weighted by atomic mass is 32.2. The van der Waals surface area contributed by atoms with Gasteiger partial charge in [0, 0.05) is 25.6 Å². The summed E-state index contributed by atoms with van der Waals surface area (Å²) in [6, 6.07) is 12.5. The number of nitrogens with zero attached hydrogens (tertiary/aromatic N) is 1. The van der Waals surface area contributed by atoms with Crippen molar-refractivity contribution in [1.82, 2.24) is 5.32 Å². The van der Waals surface area contributed by atoms with Gasteiger partial charge in [0.1, 0.15) is 11.6 Å². The monoisotopic (exact) mass is 410 g/mol. The molecule has 2 rings (SSSR count). The van der Waals surface area contributed by atoms with Crippen molar-refractivity contribution >= 4 is 21.6 Å². The molecule has 2 aromatic carbocycles. The van der Waals surface area contributed by atoms with Crippen molar-refractivity contribution in [3.63, 3.8) is 0 Å². The highest BCUT2D eigenvalue weighted by molar-refractivity contribution is 7.92. The summed E-state index contributed by atoms with van der Waals surface area (Å²) in [6.07, 6.45) is 1.24. The molecule has 1 N–H and O–H groups in total. The number of rotatable bonds is 9. The van der Waals surface area contributed by atoms with Gasteiger partial charge in [0.05, 0.1) is 11.9 Å². The minimum absolute atomic E-state index is 0.0803. The number of hydrogen-bond acceptors (Lipinski definition) is 3. The lowest BCUT2D eigenvalue weighted by molar-refractivity contribution is -0.121. The Morgan fingerprint density at radius 2 is 1.82 bits per heavy atom. The van der Waals surface area contributed by atoms with Crippen molar-refractivity contribution in [3.8, 4) is 0 Å². The second kappa shape index (κ2) is 9.64. The lowest BCUT2D eigenvalue weighted by Gasteiger charge is -2.23. The largest absolute Gasteiger partial charge is 0.356 e. The molecule has 0 saturated heterocycles. The Bertz CT molecular complexity index is 905. The van der Waals surface area contributed by atoms with Gasteiger partial charge in [-0.15, -0.1) is 0 Å². The average molecular weight is 410 g/mol. The Hall–Kier alpha value is -2.48. The third kappa shape index (κ3) is 6.30. The van der Waals surface area contributed by atoms with Gasteiger partial charge >= 0.3 is 0 Å².